The van der Waals surface area contributed by atoms with Crippen LogP contribution in [0.2, 0.25) is 0 Å². The summed E-state index contributed by atoms with van der Waals surface area (Å²) >= 11 is 3.57. The average molecular weight is 709 g/mol. The summed E-state index contributed by atoms with van der Waals surface area (Å²) in [5.74, 6) is 1.36. The highest BCUT2D eigenvalue weighted by Crippen LogP contribution is 2.43. The first-order valence-corrected chi connectivity index (χ1v) is 17.9. The van der Waals surface area contributed by atoms with E-state index in [0.29, 0.717) is 69.5 Å². The van der Waals surface area contributed by atoms with Crippen molar-refractivity contribution in [3.8, 4) is 16.9 Å². The van der Waals surface area contributed by atoms with Crippen LogP contribution in [-0.4, -0.2) is 83.6 Å². The number of hydrogen-bond acceptors (Lipinski definition) is 12. The normalized spacial score (nSPS) is 16.8. The third kappa shape index (κ3) is 6.36. The van der Waals surface area contributed by atoms with Crippen LogP contribution in [0.3, 0.4) is 0 Å². The number of morpholine rings is 1. The zero-order chi connectivity index (χ0) is 32.5. The Bertz CT molecular complexity index is 1940. The molecule has 0 aliphatic carbocycles. The van der Waals surface area contributed by atoms with Gasteiger partial charge in [0, 0.05) is 57.6 Å². The number of benzene rings is 2. The van der Waals surface area contributed by atoms with Crippen LogP contribution < -0.4 is 26.0 Å². The van der Waals surface area contributed by atoms with E-state index in [9.17, 15) is 4.57 Å². The van der Waals surface area contributed by atoms with Crippen LogP contribution >= 0.6 is 23.1 Å². The maximum Gasteiger partial charge on any atom is 0.229 e. The van der Waals surface area contributed by atoms with Gasteiger partial charge in [0.15, 0.2) is 0 Å². The fourth-order valence-electron chi connectivity index (χ4n) is 5.69. The number of ether oxygens (including phenoxy) is 3. The number of anilines is 4. The molecule has 0 bridgehead atoms. The number of fused-ring (bicyclic) bond motifs is 1. The lowest BCUT2D eigenvalue weighted by Crippen LogP contribution is -2.50. The third-order valence-corrected chi connectivity index (χ3v) is 9.80. The van der Waals surface area contributed by atoms with Gasteiger partial charge in [-0.25, -0.2) is 4.98 Å². The van der Waals surface area contributed by atoms with Gasteiger partial charge in [-0.05, 0) is 64.7 Å². The molecule has 2 aromatic carbocycles. The van der Waals surface area contributed by atoms with E-state index < -0.39 is 12.7 Å². The molecule has 1 atom stereocenters. The molecule has 4 heterocycles. The van der Waals surface area contributed by atoms with E-state index in [2.05, 4.69) is 51.9 Å². The number of methoxy groups -OCH3 is 2. The molecule has 3 N–H and O–H groups in total. The third-order valence-electron chi connectivity index (χ3n) is 7.69. The second-order valence-corrected chi connectivity index (χ2v) is 15.3. The fourth-order valence-corrected chi connectivity index (χ4v) is 7.37. The zero-order valence-corrected chi connectivity index (χ0v) is 28.6. The molecule has 5 aromatic rings. The van der Waals surface area contributed by atoms with Gasteiger partial charge in [0.2, 0.25) is 5.95 Å². The highest BCUT2D eigenvalue weighted by atomic mass is 79.9. The molecular formula is C31H35BrN9O4P. The lowest BCUT2D eigenvalue weighted by Gasteiger charge is -2.39. The van der Waals surface area contributed by atoms with E-state index in [1.165, 1.54) is 0 Å². The molecule has 240 valence electrons. The Kier molecular flexibility index (Phi) is 9.08. The summed E-state index contributed by atoms with van der Waals surface area (Å²) in [5.41, 5.74) is 4.48. The minimum absolute atomic E-state index is 0.314. The molecule has 1 fully saturated rings. The highest BCUT2D eigenvalue weighted by molar-refractivity contribution is 9.10. The standard InChI is InChI=1S/C31H35BrN9O4P/c1-41-16-19(14-37-41)20-12-25(26(44-3)13-21(20)31(18-43-2)17-33-10-11-45-31)39-30-36-15-22(32)29(40-30)38-24-7-6-23-27(35-9-8-34-23)28(24)46(4,5)42/h6-9,12-16,33H,10-11,17-18H2,1-5H3,(H2,36,38,39,40)/t31-/m0/s1. The molecule has 15 heteroatoms. The number of aryl methyl sites for hydroxylation is 1. The lowest BCUT2D eigenvalue weighted by molar-refractivity contribution is -0.110. The molecule has 0 unspecified atom stereocenters. The predicted octanol–water partition coefficient (Wildman–Crippen LogP) is 4.79. The highest BCUT2D eigenvalue weighted by Gasteiger charge is 2.39. The number of nitrogens with zero attached hydrogens (tertiary/aromatic N) is 6. The molecule has 13 nitrogen and oxygen atoms in total. The van der Waals surface area contributed by atoms with Gasteiger partial charge in [-0.1, -0.05) is 0 Å². The minimum Gasteiger partial charge on any atom is -0.495 e. The van der Waals surface area contributed by atoms with Crippen molar-refractivity contribution in [3.05, 3.63) is 65.3 Å². The Labute approximate surface area is 275 Å². The van der Waals surface area contributed by atoms with E-state index in [-0.39, 0.29) is 0 Å². The first kappa shape index (κ1) is 32.0. The Balaban J connectivity index is 1.41. The molecule has 46 heavy (non-hydrogen) atoms. The maximum atomic E-state index is 13.5. The van der Waals surface area contributed by atoms with Gasteiger partial charge in [0.1, 0.15) is 29.8 Å². The van der Waals surface area contributed by atoms with Gasteiger partial charge in [-0.15, -0.1) is 0 Å². The van der Waals surface area contributed by atoms with E-state index in [1.807, 2.05) is 43.7 Å². The molecule has 0 saturated carbocycles. The van der Waals surface area contributed by atoms with Gasteiger partial charge >= 0.3 is 0 Å². The van der Waals surface area contributed by atoms with Crippen LogP contribution in [0.1, 0.15) is 5.56 Å². The summed E-state index contributed by atoms with van der Waals surface area (Å²) < 4.78 is 33.8. The van der Waals surface area contributed by atoms with E-state index in [4.69, 9.17) is 19.2 Å². The minimum atomic E-state index is -2.78. The van der Waals surface area contributed by atoms with Crippen LogP contribution in [0.4, 0.5) is 23.1 Å². The number of aromatic nitrogens is 6. The molecule has 1 aliphatic heterocycles. The Morgan fingerprint density at radius 3 is 2.63 bits per heavy atom. The topological polar surface area (TPSA) is 150 Å². The van der Waals surface area contributed by atoms with Crippen molar-refractivity contribution in [2.45, 2.75) is 5.60 Å². The smallest absolute Gasteiger partial charge is 0.229 e. The van der Waals surface area contributed by atoms with Crippen molar-refractivity contribution in [2.24, 2.45) is 7.05 Å². The Morgan fingerprint density at radius 2 is 1.93 bits per heavy atom. The first-order valence-electron chi connectivity index (χ1n) is 14.5. The van der Waals surface area contributed by atoms with Gasteiger partial charge < -0.3 is 34.7 Å². The monoisotopic (exact) mass is 707 g/mol. The van der Waals surface area contributed by atoms with Crippen LogP contribution in [0.5, 0.6) is 5.75 Å². The van der Waals surface area contributed by atoms with Crippen LogP contribution in [0.15, 0.2) is 59.7 Å². The molecule has 3 aromatic heterocycles. The maximum absolute atomic E-state index is 13.5. The van der Waals surface area contributed by atoms with Crippen molar-refractivity contribution in [2.75, 3.05) is 64.5 Å². The number of hydrogen-bond donors (Lipinski definition) is 3. The van der Waals surface area contributed by atoms with E-state index >= 15 is 0 Å². The first-order chi connectivity index (χ1) is 22.1. The fraction of sp³-hybridized carbons (Fsp3) is 0.323. The summed E-state index contributed by atoms with van der Waals surface area (Å²) in [6.07, 6.45) is 8.63. The average Bonchev–Trinajstić information content (AvgIpc) is 3.48. The predicted molar refractivity (Wildman–Crippen MR) is 182 cm³/mol. The Hall–Kier alpha value is -3.94. The second-order valence-electron chi connectivity index (χ2n) is 11.3. The van der Waals surface area contributed by atoms with Crippen molar-refractivity contribution >= 4 is 62.6 Å². The van der Waals surface area contributed by atoms with Crippen molar-refractivity contribution in [1.82, 2.24) is 35.0 Å². The van der Waals surface area contributed by atoms with Crippen molar-refractivity contribution in [3.63, 3.8) is 0 Å². The van der Waals surface area contributed by atoms with Gasteiger partial charge in [-0.2, -0.15) is 10.1 Å². The summed E-state index contributed by atoms with van der Waals surface area (Å²) in [4.78, 5) is 18.2. The van der Waals surface area contributed by atoms with Crippen LogP contribution in [0.25, 0.3) is 22.2 Å². The van der Waals surface area contributed by atoms with Crippen LogP contribution in [-0.2, 0) is 26.7 Å². The van der Waals surface area contributed by atoms with Crippen LogP contribution in [0, 0.1) is 0 Å². The summed E-state index contributed by atoms with van der Waals surface area (Å²) in [6, 6.07) is 7.64. The number of halogens is 1. The molecule has 6 rings (SSSR count). The lowest BCUT2D eigenvalue weighted by atomic mass is 9.86. The SMILES string of the molecule is COC[C@]1(c2cc(OC)c(Nc3ncc(Br)c(Nc4ccc5nccnc5c4P(C)(C)=O)n3)cc2-c2cnn(C)c2)CNCCO1. The van der Waals surface area contributed by atoms with Crippen molar-refractivity contribution < 1.29 is 18.8 Å². The van der Waals surface area contributed by atoms with Crippen molar-refractivity contribution in [1.29, 1.82) is 0 Å². The van der Waals surface area contributed by atoms with Gasteiger partial charge in [0.05, 0.1) is 53.2 Å². The summed E-state index contributed by atoms with van der Waals surface area (Å²) in [6.45, 7) is 5.63. The molecular weight excluding hydrogens is 673 g/mol. The second kappa shape index (κ2) is 13.0. The molecule has 1 saturated heterocycles. The van der Waals surface area contributed by atoms with E-state index in [1.54, 1.807) is 50.8 Å². The zero-order valence-electron chi connectivity index (χ0n) is 26.2. The van der Waals surface area contributed by atoms with Gasteiger partial charge in [0.25, 0.3) is 0 Å². The Morgan fingerprint density at radius 1 is 1.11 bits per heavy atom. The molecule has 0 radical (unpaired) electrons. The number of rotatable bonds is 10. The largest absolute Gasteiger partial charge is 0.495 e. The summed E-state index contributed by atoms with van der Waals surface area (Å²) in [5, 5.41) is 15.2. The molecule has 0 amide bonds. The molecule has 0 spiro atoms. The summed E-state index contributed by atoms with van der Waals surface area (Å²) in [7, 11) is 2.38. The quantitative estimate of drug-likeness (QED) is 0.171. The molecule has 1 aliphatic rings. The van der Waals surface area contributed by atoms with Gasteiger partial charge in [-0.3, -0.25) is 14.6 Å². The number of nitrogens with one attached hydrogen (secondary N) is 3. The van der Waals surface area contributed by atoms with E-state index in [0.717, 1.165) is 23.2 Å².